The standard InChI is InChI=1S/C8H5ClF2/c1-5(9)7-3-2-6(10)4-8(7)11/h2-4H,1H2. The first-order valence-electron chi connectivity index (χ1n) is 2.91. The molecule has 0 fully saturated rings. The highest BCUT2D eigenvalue weighted by Gasteiger charge is 2.04. The molecule has 58 valence electrons. The average Bonchev–Trinajstić information content (AvgIpc) is 1.85. The highest BCUT2D eigenvalue weighted by Crippen LogP contribution is 2.20. The van der Waals surface area contributed by atoms with Gasteiger partial charge in [0.1, 0.15) is 11.6 Å². The second-order valence-electron chi connectivity index (χ2n) is 2.03. The summed E-state index contributed by atoms with van der Waals surface area (Å²) in [5.41, 5.74) is 0.132. The van der Waals surface area contributed by atoms with Gasteiger partial charge in [0.2, 0.25) is 0 Å². The SMILES string of the molecule is C=C(Cl)c1ccc(F)cc1F. The quantitative estimate of drug-likeness (QED) is 0.614. The topological polar surface area (TPSA) is 0 Å². The molecule has 0 saturated heterocycles. The monoisotopic (exact) mass is 174 g/mol. The maximum absolute atomic E-state index is 12.7. The van der Waals surface area contributed by atoms with Gasteiger partial charge in [0.25, 0.3) is 0 Å². The van der Waals surface area contributed by atoms with Crippen molar-refractivity contribution in [2.45, 2.75) is 0 Å². The van der Waals surface area contributed by atoms with Gasteiger partial charge in [0.05, 0.1) is 0 Å². The van der Waals surface area contributed by atoms with Crippen LogP contribution >= 0.6 is 11.6 Å². The molecule has 1 rings (SSSR count). The first kappa shape index (κ1) is 8.21. The first-order chi connectivity index (χ1) is 5.11. The maximum Gasteiger partial charge on any atom is 0.134 e. The molecule has 0 aliphatic heterocycles. The second-order valence-corrected chi connectivity index (χ2v) is 2.49. The molecule has 0 bridgehead atoms. The molecule has 0 amide bonds. The molecule has 0 aliphatic rings. The molecule has 0 radical (unpaired) electrons. The number of hydrogen-bond acceptors (Lipinski definition) is 0. The van der Waals surface area contributed by atoms with Crippen LogP contribution < -0.4 is 0 Å². The van der Waals surface area contributed by atoms with Crippen molar-refractivity contribution in [2.75, 3.05) is 0 Å². The zero-order chi connectivity index (χ0) is 8.43. The van der Waals surface area contributed by atoms with E-state index in [1.807, 2.05) is 0 Å². The molecule has 11 heavy (non-hydrogen) atoms. The third-order valence-electron chi connectivity index (χ3n) is 1.22. The Morgan fingerprint density at radius 3 is 2.45 bits per heavy atom. The summed E-state index contributed by atoms with van der Waals surface area (Å²) in [6, 6.07) is 3.15. The van der Waals surface area contributed by atoms with E-state index in [0.717, 1.165) is 12.1 Å². The lowest BCUT2D eigenvalue weighted by atomic mass is 10.2. The number of halogens is 3. The van der Waals surface area contributed by atoms with Gasteiger partial charge in [-0.15, -0.1) is 0 Å². The molecule has 0 nitrogen and oxygen atoms in total. The Morgan fingerprint density at radius 1 is 1.36 bits per heavy atom. The summed E-state index contributed by atoms with van der Waals surface area (Å²) in [6.45, 7) is 3.32. The van der Waals surface area contributed by atoms with E-state index in [1.165, 1.54) is 6.07 Å². The molecule has 0 saturated carbocycles. The van der Waals surface area contributed by atoms with Crippen LogP contribution in [0.5, 0.6) is 0 Å². The van der Waals surface area contributed by atoms with Gasteiger partial charge in [-0.3, -0.25) is 0 Å². The van der Waals surface area contributed by atoms with Crippen molar-refractivity contribution in [1.82, 2.24) is 0 Å². The molecule has 1 aromatic rings. The van der Waals surface area contributed by atoms with Gasteiger partial charge >= 0.3 is 0 Å². The number of benzene rings is 1. The van der Waals surface area contributed by atoms with Crippen molar-refractivity contribution >= 4 is 16.6 Å². The molecule has 0 unspecified atom stereocenters. The highest BCUT2D eigenvalue weighted by atomic mass is 35.5. The predicted molar refractivity (Wildman–Crippen MR) is 41.2 cm³/mol. The summed E-state index contributed by atoms with van der Waals surface area (Å²) in [5.74, 6) is -1.31. The molecule has 0 spiro atoms. The van der Waals surface area contributed by atoms with Crippen LogP contribution in [-0.4, -0.2) is 0 Å². The fourth-order valence-corrected chi connectivity index (χ4v) is 0.863. The summed E-state index contributed by atoms with van der Waals surface area (Å²) in [6.07, 6.45) is 0. The van der Waals surface area contributed by atoms with Crippen molar-refractivity contribution < 1.29 is 8.78 Å². The average molecular weight is 175 g/mol. The Morgan fingerprint density at radius 2 is 2.00 bits per heavy atom. The van der Waals surface area contributed by atoms with E-state index in [4.69, 9.17) is 11.6 Å². The molecular formula is C8H5ClF2. The van der Waals surface area contributed by atoms with Crippen molar-refractivity contribution in [3.63, 3.8) is 0 Å². The maximum atomic E-state index is 12.7. The van der Waals surface area contributed by atoms with Gasteiger partial charge in [-0.1, -0.05) is 18.2 Å². The summed E-state index contributed by atoms with van der Waals surface area (Å²) in [5, 5.41) is 0.0718. The summed E-state index contributed by atoms with van der Waals surface area (Å²) in [7, 11) is 0. The minimum absolute atomic E-state index is 0.0718. The Kier molecular flexibility index (Phi) is 2.25. The molecule has 0 aromatic heterocycles. The fourth-order valence-electron chi connectivity index (χ4n) is 0.709. The molecule has 0 aliphatic carbocycles. The van der Waals surface area contributed by atoms with Crippen molar-refractivity contribution in [3.05, 3.63) is 42.0 Å². The summed E-state index contributed by atoms with van der Waals surface area (Å²) in [4.78, 5) is 0. The predicted octanol–water partition coefficient (Wildman–Crippen LogP) is 3.17. The minimum Gasteiger partial charge on any atom is -0.207 e. The van der Waals surface area contributed by atoms with Gasteiger partial charge in [-0.05, 0) is 12.1 Å². The Hall–Kier alpha value is -0.890. The van der Waals surface area contributed by atoms with Gasteiger partial charge < -0.3 is 0 Å². The van der Waals surface area contributed by atoms with E-state index in [9.17, 15) is 8.78 Å². The first-order valence-corrected chi connectivity index (χ1v) is 3.29. The number of hydrogen-bond donors (Lipinski definition) is 0. The molecule has 0 heterocycles. The van der Waals surface area contributed by atoms with Crippen LogP contribution in [0.1, 0.15) is 5.56 Å². The van der Waals surface area contributed by atoms with Crippen LogP contribution in [0.3, 0.4) is 0 Å². The third kappa shape index (κ3) is 1.77. The molecular weight excluding hydrogens is 170 g/mol. The lowest BCUT2D eigenvalue weighted by molar-refractivity contribution is 0.581. The highest BCUT2D eigenvalue weighted by molar-refractivity contribution is 6.48. The van der Waals surface area contributed by atoms with E-state index in [-0.39, 0.29) is 10.6 Å². The summed E-state index contributed by atoms with van der Waals surface area (Å²) >= 11 is 5.40. The van der Waals surface area contributed by atoms with E-state index in [1.54, 1.807) is 0 Å². The zero-order valence-electron chi connectivity index (χ0n) is 5.57. The third-order valence-corrected chi connectivity index (χ3v) is 1.43. The van der Waals surface area contributed by atoms with Gasteiger partial charge in [0.15, 0.2) is 0 Å². The van der Waals surface area contributed by atoms with Crippen LogP contribution in [-0.2, 0) is 0 Å². The van der Waals surface area contributed by atoms with Crippen molar-refractivity contribution in [3.8, 4) is 0 Å². The van der Waals surface area contributed by atoms with Crippen molar-refractivity contribution in [2.24, 2.45) is 0 Å². The van der Waals surface area contributed by atoms with Crippen LogP contribution in [0.2, 0.25) is 0 Å². The largest absolute Gasteiger partial charge is 0.207 e. The van der Waals surface area contributed by atoms with Gasteiger partial charge in [-0.2, -0.15) is 0 Å². The van der Waals surface area contributed by atoms with Crippen LogP contribution in [0.15, 0.2) is 24.8 Å². The normalized spacial score (nSPS) is 9.73. The number of rotatable bonds is 1. The Bertz CT molecular complexity index is 294. The van der Waals surface area contributed by atoms with Crippen LogP contribution in [0, 0.1) is 11.6 Å². The van der Waals surface area contributed by atoms with Crippen molar-refractivity contribution in [1.29, 1.82) is 0 Å². The van der Waals surface area contributed by atoms with Crippen LogP contribution in [0.4, 0.5) is 8.78 Å². The zero-order valence-corrected chi connectivity index (χ0v) is 6.33. The lowest BCUT2D eigenvalue weighted by Gasteiger charge is -1.98. The summed E-state index contributed by atoms with van der Waals surface area (Å²) < 4.78 is 25.0. The molecule has 3 heteroatoms. The minimum atomic E-state index is -0.690. The van der Waals surface area contributed by atoms with E-state index in [0.29, 0.717) is 0 Å². The fraction of sp³-hybridized carbons (Fsp3) is 0. The molecule has 0 atom stereocenters. The van der Waals surface area contributed by atoms with E-state index >= 15 is 0 Å². The van der Waals surface area contributed by atoms with Crippen LogP contribution in [0.25, 0.3) is 5.03 Å². The van der Waals surface area contributed by atoms with Gasteiger partial charge in [0, 0.05) is 16.7 Å². The Balaban J connectivity index is 3.20. The Labute approximate surface area is 68.1 Å². The molecule has 0 N–H and O–H groups in total. The molecule has 1 aromatic carbocycles. The van der Waals surface area contributed by atoms with Gasteiger partial charge in [-0.25, -0.2) is 8.78 Å². The smallest absolute Gasteiger partial charge is 0.134 e. The second kappa shape index (κ2) is 3.01. The van der Waals surface area contributed by atoms with E-state index < -0.39 is 11.6 Å². The lowest BCUT2D eigenvalue weighted by Crippen LogP contribution is -1.85. The van der Waals surface area contributed by atoms with E-state index in [2.05, 4.69) is 6.58 Å².